The maximum Gasteiger partial charge on any atom is 0.279 e. The van der Waals surface area contributed by atoms with Gasteiger partial charge >= 0.3 is 0 Å². The molecule has 0 radical (unpaired) electrons. The zero-order valence-corrected chi connectivity index (χ0v) is 17.0. The number of morpholine rings is 1. The predicted octanol–water partition coefficient (Wildman–Crippen LogP) is 1.09. The number of rotatable bonds is 3. The number of ether oxygens (including phenoxy) is 1. The highest BCUT2D eigenvalue weighted by Crippen LogP contribution is 2.13. The summed E-state index contributed by atoms with van der Waals surface area (Å²) in [5.74, 6) is -1.78. The van der Waals surface area contributed by atoms with Gasteiger partial charge in [-0.15, -0.1) is 0 Å². The molecule has 0 atom stereocenters. The van der Waals surface area contributed by atoms with Gasteiger partial charge in [-0.1, -0.05) is 27.7 Å². The Morgan fingerprint density at radius 3 is 2.61 bits per heavy atom. The molecule has 2 aliphatic heterocycles. The highest BCUT2D eigenvalue weighted by Gasteiger charge is 2.27. The number of aliphatic imine (C=N–C) groups is 2. The van der Waals surface area contributed by atoms with Crippen molar-refractivity contribution in [3.63, 3.8) is 0 Å². The molecular formula is C17H16BrN5O4S. The number of amidine groups is 2. The second-order valence-electron chi connectivity index (χ2n) is 5.77. The molecule has 9 nitrogen and oxygen atoms in total. The zero-order valence-electron chi connectivity index (χ0n) is 14.6. The molecule has 0 unspecified atom stereocenters. The maximum atomic E-state index is 12.2. The van der Waals surface area contributed by atoms with Gasteiger partial charge in [-0.3, -0.25) is 25.1 Å². The molecule has 3 rings (SSSR count). The number of carbonyl (C=O) groups is 3. The van der Waals surface area contributed by atoms with Crippen LogP contribution in [0.15, 0.2) is 38.7 Å². The third kappa shape index (κ3) is 5.12. The topological polar surface area (TPSA) is 124 Å². The minimum Gasteiger partial charge on any atom is -0.378 e. The summed E-state index contributed by atoms with van der Waals surface area (Å²) in [5, 5.41) is 10.5. The second-order valence-corrected chi connectivity index (χ2v) is 7.65. The lowest BCUT2D eigenvalue weighted by Gasteiger charge is -2.26. The molecule has 0 aromatic heterocycles. The molecule has 146 valence electrons. The summed E-state index contributed by atoms with van der Waals surface area (Å²) in [4.78, 5) is 45.9. The third-order valence-corrected chi connectivity index (χ3v) is 5.26. The minimum atomic E-state index is -0.702. The van der Waals surface area contributed by atoms with Crippen molar-refractivity contribution in [3.8, 4) is 0 Å². The van der Waals surface area contributed by atoms with E-state index < -0.39 is 17.6 Å². The Hall–Kier alpha value is -2.37. The second kappa shape index (κ2) is 9.22. The van der Waals surface area contributed by atoms with Crippen molar-refractivity contribution < 1.29 is 19.1 Å². The van der Waals surface area contributed by atoms with Gasteiger partial charge in [-0.2, -0.15) is 4.99 Å². The van der Waals surface area contributed by atoms with Crippen LogP contribution < -0.4 is 5.32 Å². The number of halogens is 1. The van der Waals surface area contributed by atoms with Crippen LogP contribution in [0.1, 0.15) is 10.4 Å². The summed E-state index contributed by atoms with van der Waals surface area (Å²) in [6, 6.07) is 6.47. The van der Waals surface area contributed by atoms with Crippen LogP contribution in [0.3, 0.4) is 0 Å². The van der Waals surface area contributed by atoms with Crippen molar-refractivity contribution in [2.24, 2.45) is 9.98 Å². The molecule has 0 aliphatic carbocycles. The van der Waals surface area contributed by atoms with Crippen LogP contribution in [0.2, 0.25) is 0 Å². The van der Waals surface area contributed by atoms with E-state index in [2.05, 4.69) is 31.2 Å². The number of benzene rings is 1. The zero-order chi connectivity index (χ0) is 20.1. The number of hydrogen-bond donors (Lipinski definition) is 2. The summed E-state index contributed by atoms with van der Waals surface area (Å²) < 4.78 is 6.00. The quantitative estimate of drug-likeness (QED) is 0.690. The minimum absolute atomic E-state index is 0.0801. The van der Waals surface area contributed by atoms with E-state index in [0.29, 0.717) is 26.3 Å². The number of amides is 3. The Labute approximate surface area is 173 Å². The summed E-state index contributed by atoms with van der Waals surface area (Å²) in [6.45, 7) is 2.07. The number of nitrogens with zero attached hydrogens (tertiary/aromatic N) is 3. The lowest BCUT2D eigenvalue weighted by molar-refractivity contribution is -0.132. The number of carbonyl (C=O) groups excluding carboxylic acids is 3. The molecule has 0 bridgehead atoms. The van der Waals surface area contributed by atoms with Crippen molar-refractivity contribution in [2.75, 3.05) is 32.1 Å². The lowest BCUT2D eigenvalue weighted by atomic mass is 10.2. The third-order valence-electron chi connectivity index (χ3n) is 3.87. The van der Waals surface area contributed by atoms with Gasteiger partial charge in [0.25, 0.3) is 11.8 Å². The van der Waals surface area contributed by atoms with Crippen LogP contribution >= 0.6 is 27.7 Å². The first-order valence-corrected chi connectivity index (χ1v) is 10.1. The fourth-order valence-corrected chi connectivity index (χ4v) is 3.44. The van der Waals surface area contributed by atoms with Gasteiger partial charge in [0.15, 0.2) is 16.7 Å². The first-order valence-electron chi connectivity index (χ1n) is 8.30. The van der Waals surface area contributed by atoms with E-state index in [4.69, 9.17) is 10.1 Å². The average molecular weight is 466 g/mol. The van der Waals surface area contributed by atoms with Gasteiger partial charge in [0.1, 0.15) is 0 Å². The normalized spacial score (nSPS) is 18.7. The standard InChI is InChI=1S/C17H16BrN5O4S/c18-11-3-1-10(2-4-11)15(25)20-13-14(19)21-17(22-16(13)26)28-9-12(24)23-5-7-27-8-6-23/h1-4H,5-9H2,(H2,19,21,22,26). The van der Waals surface area contributed by atoms with E-state index in [0.717, 1.165) is 16.2 Å². The van der Waals surface area contributed by atoms with Crippen molar-refractivity contribution in [3.05, 3.63) is 34.3 Å². The molecule has 2 heterocycles. The van der Waals surface area contributed by atoms with Gasteiger partial charge in [0.05, 0.1) is 19.0 Å². The van der Waals surface area contributed by atoms with Crippen molar-refractivity contribution in [2.45, 2.75) is 0 Å². The van der Waals surface area contributed by atoms with E-state index in [-0.39, 0.29) is 28.1 Å². The SMILES string of the molecule is N=C1N=C(SCC(=O)N2CCOCC2)NC(=O)C1=NC(=O)c1ccc(Br)cc1. The van der Waals surface area contributed by atoms with Gasteiger partial charge < -0.3 is 9.64 Å². The number of thioether (sulfide) groups is 1. The van der Waals surface area contributed by atoms with Crippen molar-refractivity contribution >= 4 is 62.1 Å². The van der Waals surface area contributed by atoms with Crippen LogP contribution in [0.4, 0.5) is 0 Å². The monoisotopic (exact) mass is 465 g/mol. The van der Waals surface area contributed by atoms with Crippen LogP contribution in [0.25, 0.3) is 0 Å². The van der Waals surface area contributed by atoms with Crippen LogP contribution in [-0.2, 0) is 14.3 Å². The predicted molar refractivity (Wildman–Crippen MR) is 109 cm³/mol. The van der Waals surface area contributed by atoms with E-state index in [1.807, 2.05) is 0 Å². The fraction of sp³-hybridized carbons (Fsp3) is 0.294. The molecule has 3 amide bonds. The molecular weight excluding hydrogens is 450 g/mol. The Balaban J connectivity index is 1.63. The Morgan fingerprint density at radius 2 is 1.96 bits per heavy atom. The van der Waals surface area contributed by atoms with Crippen LogP contribution in [0, 0.1) is 5.41 Å². The molecule has 1 aromatic carbocycles. The molecule has 28 heavy (non-hydrogen) atoms. The van der Waals surface area contributed by atoms with Crippen LogP contribution in [-0.4, -0.2) is 71.4 Å². The smallest absolute Gasteiger partial charge is 0.279 e. The van der Waals surface area contributed by atoms with Gasteiger partial charge in [-0.05, 0) is 24.3 Å². The highest BCUT2D eigenvalue weighted by molar-refractivity contribution is 9.10. The number of nitrogens with one attached hydrogen (secondary N) is 2. The van der Waals surface area contributed by atoms with Crippen molar-refractivity contribution in [1.29, 1.82) is 5.41 Å². The number of hydrogen-bond acceptors (Lipinski definition) is 6. The molecule has 0 spiro atoms. The molecule has 1 fully saturated rings. The summed E-state index contributed by atoms with van der Waals surface area (Å²) >= 11 is 4.30. The van der Waals surface area contributed by atoms with Crippen LogP contribution in [0.5, 0.6) is 0 Å². The Kier molecular flexibility index (Phi) is 6.70. The molecule has 1 saturated heterocycles. The summed E-state index contributed by atoms with van der Waals surface area (Å²) in [7, 11) is 0. The van der Waals surface area contributed by atoms with Gasteiger partial charge in [0.2, 0.25) is 5.91 Å². The van der Waals surface area contributed by atoms with Gasteiger partial charge in [-0.25, -0.2) is 4.99 Å². The molecule has 2 N–H and O–H groups in total. The first kappa shape index (κ1) is 20.4. The van der Waals surface area contributed by atoms with E-state index >= 15 is 0 Å². The molecule has 2 aliphatic rings. The Morgan fingerprint density at radius 1 is 1.29 bits per heavy atom. The van der Waals surface area contributed by atoms with E-state index in [1.54, 1.807) is 29.2 Å². The molecule has 11 heteroatoms. The average Bonchev–Trinajstić information content (AvgIpc) is 2.70. The van der Waals surface area contributed by atoms with Crippen molar-refractivity contribution in [1.82, 2.24) is 10.2 Å². The Bertz CT molecular complexity index is 878. The van der Waals surface area contributed by atoms with Gasteiger partial charge in [0, 0.05) is 23.1 Å². The first-order chi connectivity index (χ1) is 13.4. The maximum absolute atomic E-state index is 12.2. The molecule has 1 aromatic rings. The summed E-state index contributed by atoms with van der Waals surface area (Å²) in [5.41, 5.74) is -0.0756. The van der Waals surface area contributed by atoms with E-state index in [9.17, 15) is 14.4 Å². The highest BCUT2D eigenvalue weighted by atomic mass is 79.9. The van der Waals surface area contributed by atoms with E-state index in [1.165, 1.54) is 0 Å². The largest absolute Gasteiger partial charge is 0.378 e. The lowest BCUT2D eigenvalue weighted by Crippen LogP contribution is -2.45. The summed E-state index contributed by atoms with van der Waals surface area (Å²) in [6.07, 6.45) is 0. The fourth-order valence-electron chi connectivity index (χ4n) is 2.41. The molecule has 0 saturated carbocycles.